The van der Waals surface area contributed by atoms with Crippen LogP contribution in [0.2, 0.25) is 0 Å². The zero-order valence-electron chi connectivity index (χ0n) is 20.7. The van der Waals surface area contributed by atoms with E-state index in [1.54, 1.807) is 38.2 Å². The number of hydrogen-bond donors (Lipinski definition) is 0. The molecule has 5 atom stereocenters. The van der Waals surface area contributed by atoms with E-state index in [1.807, 2.05) is 6.92 Å². The molecule has 2 aliphatic heterocycles. The number of hydrogen-bond acceptors (Lipinski definition) is 7. The van der Waals surface area contributed by atoms with Crippen molar-refractivity contribution in [2.45, 2.75) is 50.6 Å². The van der Waals surface area contributed by atoms with E-state index < -0.39 is 12.0 Å². The predicted molar refractivity (Wildman–Crippen MR) is 125 cm³/mol. The minimum atomic E-state index is -0.488. The predicted octanol–water partition coefficient (Wildman–Crippen LogP) is 2.08. The first-order valence-corrected chi connectivity index (χ1v) is 11.7. The summed E-state index contributed by atoms with van der Waals surface area (Å²) in [5.74, 6) is -0.434. The van der Waals surface area contributed by atoms with Crippen molar-refractivity contribution in [1.82, 2.24) is 9.80 Å². The van der Waals surface area contributed by atoms with Crippen molar-refractivity contribution >= 4 is 11.8 Å². The fourth-order valence-corrected chi connectivity index (χ4v) is 4.58. The molecule has 9 nitrogen and oxygen atoms in total. The van der Waals surface area contributed by atoms with E-state index in [0.29, 0.717) is 24.3 Å². The van der Waals surface area contributed by atoms with E-state index in [1.165, 1.54) is 18.1 Å². The van der Waals surface area contributed by atoms with Gasteiger partial charge in [0.05, 0.1) is 41.4 Å². The van der Waals surface area contributed by atoms with Crippen molar-refractivity contribution in [1.29, 1.82) is 5.26 Å². The Bertz CT molecular complexity index is 916. The first-order valence-electron chi connectivity index (χ1n) is 11.7. The number of benzene rings is 1. The number of nitrogens with zero attached hydrogens (tertiary/aromatic N) is 3. The number of methoxy groups -OCH3 is 2. The van der Waals surface area contributed by atoms with Gasteiger partial charge in [-0.25, -0.2) is 0 Å². The van der Waals surface area contributed by atoms with Crippen LogP contribution in [0.3, 0.4) is 0 Å². The van der Waals surface area contributed by atoms with Crippen molar-refractivity contribution in [2.24, 2.45) is 5.92 Å². The lowest BCUT2D eigenvalue weighted by atomic mass is 9.98. The molecule has 34 heavy (non-hydrogen) atoms. The average molecular weight is 474 g/mol. The molecular formula is C25H35N3O6. The van der Waals surface area contributed by atoms with Crippen LogP contribution in [0.1, 0.15) is 42.1 Å². The molecule has 0 aliphatic carbocycles. The zero-order valence-corrected chi connectivity index (χ0v) is 20.7. The van der Waals surface area contributed by atoms with Crippen LogP contribution in [0.4, 0.5) is 0 Å². The Labute approximate surface area is 201 Å². The lowest BCUT2D eigenvalue weighted by molar-refractivity contribution is -0.147. The number of carbonyl (C=O) groups is 2. The van der Waals surface area contributed by atoms with Crippen molar-refractivity contribution in [3.63, 3.8) is 0 Å². The molecule has 0 spiro atoms. The Morgan fingerprint density at radius 2 is 1.79 bits per heavy atom. The molecule has 2 aliphatic rings. The average Bonchev–Trinajstić information content (AvgIpc) is 2.86. The molecule has 1 aromatic rings. The number of amides is 2. The van der Waals surface area contributed by atoms with Crippen LogP contribution in [0.25, 0.3) is 0 Å². The Morgan fingerprint density at radius 3 is 2.47 bits per heavy atom. The van der Waals surface area contributed by atoms with Gasteiger partial charge in [0.2, 0.25) is 5.91 Å². The standard InChI is InChI=1S/C25H35N3O6/c1-16-22(32-5)14-28(3)25(30)19-12-17(13-26)6-8-20(19)33-15-23-21(31-4)9-7-18(34-23)10-11-27(2)24(16)29/h6,8,12,16,18,21-23H,7,9-11,14-15H2,1-5H3/t16-,18-,21-,22+,23+/m1/s1. The summed E-state index contributed by atoms with van der Waals surface area (Å²) in [5.41, 5.74) is 0.636. The second-order valence-electron chi connectivity index (χ2n) is 9.08. The first-order chi connectivity index (χ1) is 16.3. The third kappa shape index (κ3) is 5.87. The number of nitriles is 1. The summed E-state index contributed by atoms with van der Waals surface area (Å²) in [5, 5.41) is 9.36. The maximum atomic E-state index is 13.4. The summed E-state index contributed by atoms with van der Waals surface area (Å²) in [6, 6.07) is 6.86. The number of rotatable bonds is 2. The van der Waals surface area contributed by atoms with Crippen molar-refractivity contribution in [3.8, 4) is 11.8 Å². The molecule has 1 saturated heterocycles. The van der Waals surface area contributed by atoms with Gasteiger partial charge in [-0.05, 0) is 37.5 Å². The van der Waals surface area contributed by atoms with E-state index in [0.717, 1.165) is 12.8 Å². The minimum absolute atomic E-state index is 0.0233. The topological polar surface area (TPSA) is 101 Å². The largest absolute Gasteiger partial charge is 0.490 e. The maximum Gasteiger partial charge on any atom is 0.257 e. The number of ether oxygens (including phenoxy) is 4. The number of fused-ring (bicyclic) bond motifs is 3. The summed E-state index contributed by atoms with van der Waals surface area (Å²) >= 11 is 0. The van der Waals surface area contributed by atoms with Gasteiger partial charge in [-0.1, -0.05) is 6.92 Å². The van der Waals surface area contributed by atoms with Crippen LogP contribution in [0.15, 0.2) is 18.2 Å². The van der Waals surface area contributed by atoms with E-state index in [-0.39, 0.29) is 48.8 Å². The van der Waals surface area contributed by atoms with Crippen molar-refractivity contribution in [3.05, 3.63) is 29.3 Å². The Morgan fingerprint density at radius 1 is 1.06 bits per heavy atom. The summed E-state index contributed by atoms with van der Waals surface area (Å²) in [4.78, 5) is 29.7. The van der Waals surface area contributed by atoms with Gasteiger partial charge in [0.15, 0.2) is 0 Å². The molecule has 1 fully saturated rings. The van der Waals surface area contributed by atoms with Gasteiger partial charge >= 0.3 is 0 Å². The SMILES string of the molecule is CO[C@H]1CN(C)C(=O)c2cc(C#N)ccc2OC[C@@H]2O[C@H](CC[C@H]2OC)CCN(C)C(=O)[C@@H]1C. The fraction of sp³-hybridized carbons (Fsp3) is 0.640. The molecule has 0 unspecified atom stereocenters. The molecule has 2 bridgehead atoms. The molecule has 0 radical (unpaired) electrons. The number of carbonyl (C=O) groups excluding carboxylic acids is 2. The zero-order chi connectivity index (χ0) is 24.8. The van der Waals surface area contributed by atoms with Crippen LogP contribution in [-0.2, 0) is 19.0 Å². The van der Waals surface area contributed by atoms with Gasteiger partial charge in [-0.15, -0.1) is 0 Å². The minimum Gasteiger partial charge on any atom is -0.490 e. The highest BCUT2D eigenvalue weighted by Crippen LogP contribution is 2.28. The van der Waals surface area contributed by atoms with Crippen LogP contribution in [0, 0.1) is 17.2 Å². The molecule has 2 amide bonds. The highest BCUT2D eigenvalue weighted by molar-refractivity contribution is 5.97. The van der Waals surface area contributed by atoms with E-state index in [9.17, 15) is 14.9 Å². The molecule has 186 valence electrons. The molecule has 1 aromatic carbocycles. The van der Waals surface area contributed by atoms with Crippen molar-refractivity contribution in [2.75, 3.05) is 48.0 Å². The van der Waals surface area contributed by atoms with E-state index in [2.05, 4.69) is 6.07 Å². The smallest absolute Gasteiger partial charge is 0.257 e. The van der Waals surface area contributed by atoms with Gasteiger partial charge in [-0.2, -0.15) is 5.26 Å². The Balaban J connectivity index is 1.96. The summed E-state index contributed by atoms with van der Waals surface area (Å²) in [6.45, 7) is 2.80. The third-order valence-corrected chi connectivity index (χ3v) is 6.81. The van der Waals surface area contributed by atoms with Gasteiger partial charge in [-0.3, -0.25) is 9.59 Å². The summed E-state index contributed by atoms with van der Waals surface area (Å²) in [6.07, 6.45) is 1.40. The van der Waals surface area contributed by atoms with Gasteiger partial charge in [0.25, 0.3) is 5.91 Å². The van der Waals surface area contributed by atoms with E-state index >= 15 is 0 Å². The summed E-state index contributed by atoms with van der Waals surface area (Å²) in [7, 11) is 6.62. The van der Waals surface area contributed by atoms with Crippen LogP contribution in [0.5, 0.6) is 5.75 Å². The molecule has 2 heterocycles. The normalized spacial score (nSPS) is 29.2. The maximum absolute atomic E-state index is 13.4. The highest BCUT2D eigenvalue weighted by Gasteiger charge is 2.34. The van der Waals surface area contributed by atoms with Gasteiger partial charge < -0.3 is 28.7 Å². The van der Waals surface area contributed by atoms with Crippen LogP contribution in [-0.4, -0.2) is 94.0 Å². The molecule has 0 aromatic heterocycles. The second kappa shape index (κ2) is 11.6. The van der Waals surface area contributed by atoms with Crippen LogP contribution >= 0.6 is 0 Å². The molecule has 0 saturated carbocycles. The molecule has 9 heteroatoms. The Kier molecular flexibility index (Phi) is 8.89. The van der Waals surface area contributed by atoms with E-state index in [4.69, 9.17) is 18.9 Å². The fourth-order valence-electron chi connectivity index (χ4n) is 4.58. The highest BCUT2D eigenvalue weighted by atomic mass is 16.6. The van der Waals surface area contributed by atoms with Gasteiger partial charge in [0.1, 0.15) is 18.5 Å². The quantitative estimate of drug-likeness (QED) is 0.648. The monoisotopic (exact) mass is 473 g/mol. The summed E-state index contributed by atoms with van der Waals surface area (Å²) < 4.78 is 23.6. The first kappa shape index (κ1) is 25.9. The lowest BCUT2D eigenvalue weighted by Crippen LogP contribution is -2.47. The number of likely N-dealkylation sites (N-methyl/N-ethyl adjacent to an activating group) is 1. The molecule has 0 N–H and O–H groups in total. The second-order valence-corrected chi connectivity index (χ2v) is 9.08. The third-order valence-electron chi connectivity index (χ3n) is 6.81. The lowest BCUT2D eigenvalue weighted by Gasteiger charge is -2.37. The molecule has 3 rings (SSSR count). The molecular weight excluding hydrogens is 438 g/mol. The van der Waals surface area contributed by atoms with Crippen LogP contribution < -0.4 is 4.74 Å². The van der Waals surface area contributed by atoms with Crippen molar-refractivity contribution < 1.29 is 28.5 Å². The van der Waals surface area contributed by atoms with Gasteiger partial charge in [0, 0.05) is 41.4 Å². The Hall–Kier alpha value is -2.67.